The number of hydrogen-bond donors (Lipinski definition) is 2. The Kier molecular flexibility index (Phi) is 3.71. The normalized spacial score (nSPS) is 10.0. The number of anilines is 1. The van der Waals surface area contributed by atoms with Crippen molar-refractivity contribution in [1.82, 2.24) is 0 Å². The number of amides is 1. The number of carbonyl (C=O) groups excluding carboxylic acids is 1. The van der Waals surface area contributed by atoms with Crippen molar-refractivity contribution in [3.8, 4) is 22.6 Å². The van der Waals surface area contributed by atoms with E-state index in [2.05, 4.69) is 5.32 Å². The van der Waals surface area contributed by atoms with E-state index in [-0.39, 0.29) is 11.7 Å². The van der Waals surface area contributed by atoms with Crippen molar-refractivity contribution in [2.75, 3.05) is 12.4 Å². The molecule has 0 aromatic heterocycles. The molecule has 0 saturated carbocycles. The van der Waals surface area contributed by atoms with Crippen LogP contribution in [0, 0.1) is 0 Å². The number of methoxy groups -OCH3 is 1. The van der Waals surface area contributed by atoms with Crippen LogP contribution in [0.3, 0.4) is 0 Å². The lowest BCUT2D eigenvalue weighted by molar-refractivity contribution is -0.114. The molecule has 2 rings (SSSR count). The van der Waals surface area contributed by atoms with E-state index in [1.165, 1.54) is 14.0 Å². The largest absolute Gasteiger partial charge is 0.504 e. The average molecular weight is 257 g/mol. The fourth-order valence-electron chi connectivity index (χ4n) is 1.82. The highest BCUT2D eigenvalue weighted by Gasteiger charge is 2.04. The molecule has 0 fully saturated rings. The molecule has 4 nitrogen and oxygen atoms in total. The molecule has 0 aliphatic heterocycles. The molecule has 0 atom stereocenters. The van der Waals surface area contributed by atoms with Gasteiger partial charge in [-0.05, 0) is 35.4 Å². The second-order valence-corrected chi connectivity index (χ2v) is 4.15. The molecule has 2 aromatic rings. The number of rotatable bonds is 3. The predicted molar refractivity (Wildman–Crippen MR) is 74.4 cm³/mol. The summed E-state index contributed by atoms with van der Waals surface area (Å²) in [6.45, 7) is 1.47. The molecule has 0 radical (unpaired) electrons. The molecule has 19 heavy (non-hydrogen) atoms. The quantitative estimate of drug-likeness (QED) is 0.888. The van der Waals surface area contributed by atoms with Gasteiger partial charge in [-0.3, -0.25) is 4.79 Å². The Hall–Kier alpha value is -2.49. The van der Waals surface area contributed by atoms with Crippen molar-refractivity contribution in [2.45, 2.75) is 6.92 Å². The van der Waals surface area contributed by atoms with Gasteiger partial charge in [0.1, 0.15) is 0 Å². The van der Waals surface area contributed by atoms with Gasteiger partial charge in [-0.1, -0.05) is 18.2 Å². The van der Waals surface area contributed by atoms with Gasteiger partial charge in [0, 0.05) is 12.6 Å². The molecular weight excluding hydrogens is 242 g/mol. The topological polar surface area (TPSA) is 58.6 Å². The van der Waals surface area contributed by atoms with E-state index in [1.54, 1.807) is 12.1 Å². The second kappa shape index (κ2) is 5.44. The highest BCUT2D eigenvalue weighted by Crippen LogP contribution is 2.31. The Morgan fingerprint density at radius 2 is 1.74 bits per heavy atom. The van der Waals surface area contributed by atoms with Crippen LogP contribution in [0.1, 0.15) is 6.92 Å². The maximum Gasteiger partial charge on any atom is 0.221 e. The summed E-state index contributed by atoms with van der Waals surface area (Å²) < 4.78 is 5.00. The van der Waals surface area contributed by atoms with Crippen LogP contribution in [0.4, 0.5) is 5.69 Å². The zero-order valence-corrected chi connectivity index (χ0v) is 10.8. The van der Waals surface area contributed by atoms with Gasteiger partial charge in [0.2, 0.25) is 5.91 Å². The van der Waals surface area contributed by atoms with Crippen LogP contribution in [-0.2, 0) is 4.79 Å². The zero-order chi connectivity index (χ0) is 13.8. The molecule has 0 unspecified atom stereocenters. The molecule has 2 N–H and O–H groups in total. The average Bonchev–Trinajstić information content (AvgIpc) is 2.39. The molecule has 4 heteroatoms. The maximum atomic E-state index is 10.9. The Balaban J connectivity index is 2.27. The first-order chi connectivity index (χ1) is 9.10. The molecule has 0 aliphatic rings. The van der Waals surface area contributed by atoms with Crippen molar-refractivity contribution in [2.24, 2.45) is 0 Å². The fraction of sp³-hybridized carbons (Fsp3) is 0.133. The third kappa shape index (κ3) is 3.04. The molecule has 98 valence electrons. The number of hydrogen-bond acceptors (Lipinski definition) is 3. The molecule has 0 bridgehead atoms. The van der Waals surface area contributed by atoms with Gasteiger partial charge in [0.15, 0.2) is 11.5 Å². The SMILES string of the molecule is COc1ccc(-c2ccc(NC(C)=O)cc2)cc1O. The first kappa shape index (κ1) is 13.0. The Labute approximate surface area is 111 Å². The van der Waals surface area contributed by atoms with Gasteiger partial charge < -0.3 is 15.2 Å². The van der Waals surface area contributed by atoms with Crippen LogP contribution in [0.2, 0.25) is 0 Å². The lowest BCUT2D eigenvalue weighted by Crippen LogP contribution is -2.05. The maximum absolute atomic E-state index is 10.9. The van der Waals surface area contributed by atoms with E-state index in [0.29, 0.717) is 5.75 Å². The standard InChI is InChI=1S/C15H15NO3/c1-10(17)16-13-6-3-11(4-7-13)12-5-8-15(19-2)14(18)9-12/h3-9,18H,1-2H3,(H,16,17). The fourth-order valence-corrected chi connectivity index (χ4v) is 1.82. The molecule has 0 saturated heterocycles. The third-order valence-electron chi connectivity index (χ3n) is 2.72. The summed E-state index contributed by atoms with van der Waals surface area (Å²) in [7, 11) is 1.51. The summed E-state index contributed by atoms with van der Waals surface area (Å²) in [6.07, 6.45) is 0. The van der Waals surface area contributed by atoms with E-state index in [4.69, 9.17) is 4.74 Å². The summed E-state index contributed by atoms with van der Waals surface area (Å²) >= 11 is 0. The minimum Gasteiger partial charge on any atom is -0.504 e. The summed E-state index contributed by atoms with van der Waals surface area (Å²) in [4.78, 5) is 10.9. The first-order valence-electron chi connectivity index (χ1n) is 5.85. The van der Waals surface area contributed by atoms with Gasteiger partial charge in [-0.2, -0.15) is 0 Å². The van der Waals surface area contributed by atoms with E-state index in [0.717, 1.165) is 16.8 Å². The number of carbonyl (C=O) groups is 1. The van der Waals surface area contributed by atoms with Gasteiger partial charge in [-0.25, -0.2) is 0 Å². The van der Waals surface area contributed by atoms with Crippen LogP contribution in [0.15, 0.2) is 42.5 Å². The molecule has 0 spiro atoms. The highest BCUT2D eigenvalue weighted by atomic mass is 16.5. The van der Waals surface area contributed by atoms with Crippen molar-refractivity contribution in [3.63, 3.8) is 0 Å². The third-order valence-corrected chi connectivity index (χ3v) is 2.72. The molecular formula is C15H15NO3. The second-order valence-electron chi connectivity index (χ2n) is 4.15. The summed E-state index contributed by atoms with van der Waals surface area (Å²) in [6, 6.07) is 12.6. The summed E-state index contributed by atoms with van der Waals surface area (Å²) in [5, 5.41) is 12.4. The van der Waals surface area contributed by atoms with E-state index < -0.39 is 0 Å². The van der Waals surface area contributed by atoms with Crippen LogP contribution in [0.25, 0.3) is 11.1 Å². The minimum absolute atomic E-state index is 0.102. The van der Waals surface area contributed by atoms with Gasteiger partial charge in [0.05, 0.1) is 7.11 Å². The molecule has 0 aliphatic carbocycles. The first-order valence-corrected chi connectivity index (χ1v) is 5.85. The summed E-state index contributed by atoms with van der Waals surface area (Å²) in [5.74, 6) is 0.444. The number of phenolic OH excluding ortho intramolecular Hbond substituents is 1. The number of benzene rings is 2. The van der Waals surface area contributed by atoms with Crippen LogP contribution >= 0.6 is 0 Å². The smallest absolute Gasteiger partial charge is 0.221 e. The summed E-state index contributed by atoms with van der Waals surface area (Å²) in [5.41, 5.74) is 2.58. The highest BCUT2D eigenvalue weighted by molar-refractivity contribution is 5.89. The molecule has 1 amide bonds. The van der Waals surface area contributed by atoms with Crippen molar-refractivity contribution in [1.29, 1.82) is 0 Å². The van der Waals surface area contributed by atoms with Gasteiger partial charge in [-0.15, -0.1) is 0 Å². The lowest BCUT2D eigenvalue weighted by Gasteiger charge is -2.07. The molecule has 0 heterocycles. The predicted octanol–water partition coefficient (Wildman–Crippen LogP) is 3.03. The van der Waals surface area contributed by atoms with E-state index in [9.17, 15) is 9.90 Å². The lowest BCUT2D eigenvalue weighted by atomic mass is 10.0. The van der Waals surface area contributed by atoms with Crippen molar-refractivity contribution < 1.29 is 14.6 Å². The Bertz CT molecular complexity index is 591. The monoisotopic (exact) mass is 257 g/mol. The van der Waals surface area contributed by atoms with E-state index in [1.807, 2.05) is 30.3 Å². The van der Waals surface area contributed by atoms with Crippen LogP contribution in [-0.4, -0.2) is 18.1 Å². The van der Waals surface area contributed by atoms with Gasteiger partial charge >= 0.3 is 0 Å². The molecule has 2 aromatic carbocycles. The minimum atomic E-state index is -0.102. The number of aromatic hydroxyl groups is 1. The Morgan fingerprint density at radius 3 is 2.26 bits per heavy atom. The number of nitrogens with one attached hydrogen (secondary N) is 1. The Morgan fingerprint density at radius 1 is 1.11 bits per heavy atom. The zero-order valence-electron chi connectivity index (χ0n) is 10.8. The number of phenols is 1. The van der Waals surface area contributed by atoms with Crippen LogP contribution in [0.5, 0.6) is 11.5 Å². The van der Waals surface area contributed by atoms with Crippen molar-refractivity contribution in [3.05, 3.63) is 42.5 Å². The van der Waals surface area contributed by atoms with Crippen molar-refractivity contribution >= 4 is 11.6 Å². The number of ether oxygens (including phenoxy) is 1. The van der Waals surface area contributed by atoms with E-state index >= 15 is 0 Å². The van der Waals surface area contributed by atoms with Gasteiger partial charge in [0.25, 0.3) is 0 Å². The van der Waals surface area contributed by atoms with Crippen LogP contribution < -0.4 is 10.1 Å².